The molecule has 0 radical (unpaired) electrons. The minimum Gasteiger partial charge on any atom is -0.488 e. The van der Waals surface area contributed by atoms with Crippen molar-refractivity contribution in [3.05, 3.63) is 52.1 Å². The molecule has 0 amide bonds. The molecule has 0 aliphatic carbocycles. The summed E-state index contributed by atoms with van der Waals surface area (Å²) in [5.41, 5.74) is 1.21. The highest BCUT2D eigenvalue weighted by Gasteiger charge is 2.24. The smallest absolute Gasteiger partial charge is 0.215 e. The molecule has 0 saturated carbocycles. The van der Waals surface area contributed by atoms with Gasteiger partial charge >= 0.3 is 0 Å². The fourth-order valence-electron chi connectivity index (χ4n) is 3.02. The molecule has 0 bridgehead atoms. The van der Waals surface area contributed by atoms with E-state index in [1.54, 1.807) is 12.3 Å². The van der Waals surface area contributed by atoms with Gasteiger partial charge in [-0.3, -0.25) is 0 Å². The molecule has 0 atom stereocenters. The molecule has 0 N–H and O–H groups in total. The maximum Gasteiger partial charge on any atom is 0.215 e. The van der Waals surface area contributed by atoms with Gasteiger partial charge in [-0.2, -0.15) is 4.98 Å². The van der Waals surface area contributed by atoms with Gasteiger partial charge in [0.15, 0.2) is 11.4 Å². The Bertz CT molecular complexity index is 977. The first-order valence-corrected chi connectivity index (χ1v) is 8.71. The van der Waals surface area contributed by atoms with Crippen molar-refractivity contribution in [2.24, 2.45) is 0 Å². The number of hydrogen-bond acceptors (Lipinski definition) is 5. The minimum absolute atomic E-state index is 0.00693. The van der Waals surface area contributed by atoms with Crippen molar-refractivity contribution in [2.45, 2.75) is 6.54 Å². The molecule has 1 aliphatic heterocycles. The number of benzene rings is 1. The molecule has 0 saturated heterocycles. The first-order chi connectivity index (χ1) is 12.6. The van der Waals surface area contributed by atoms with Crippen LogP contribution in [0.4, 0.5) is 14.5 Å². The predicted molar refractivity (Wildman–Crippen MR) is 96.7 cm³/mol. The number of anilines is 1. The van der Waals surface area contributed by atoms with Crippen molar-refractivity contribution in [1.82, 2.24) is 9.97 Å². The first-order valence-electron chi connectivity index (χ1n) is 7.91. The summed E-state index contributed by atoms with van der Waals surface area (Å²) in [6, 6.07) is 6.06. The third kappa shape index (κ3) is 2.94. The second kappa shape index (κ2) is 6.68. The summed E-state index contributed by atoms with van der Waals surface area (Å²) in [6.45, 7) is 0.975. The van der Waals surface area contributed by atoms with E-state index in [4.69, 9.17) is 9.47 Å². The number of rotatable bonds is 3. The van der Waals surface area contributed by atoms with Gasteiger partial charge in [0, 0.05) is 28.0 Å². The number of fused-ring (bicyclic) bond motifs is 3. The van der Waals surface area contributed by atoms with Crippen LogP contribution in [0.2, 0.25) is 0 Å². The standard InChI is InChI=1S/C18H14BrF2N3O2/c1-25-16-3-2-11-17-15(8-22-18(11)23-16)26-5-4-24(17)9-12-13(20)6-10(19)7-14(12)21/h2-3,6-8H,4-5,9H2,1H3. The molecule has 0 spiro atoms. The van der Waals surface area contributed by atoms with Gasteiger partial charge in [-0.05, 0) is 18.2 Å². The van der Waals surface area contributed by atoms with Crippen LogP contribution in [0.15, 0.2) is 34.9 Å². The molecule has 0 unspecified atom stereocenters. The lowest BCUT2D eigenvalue weighted by Gasteiger charge is -2.32. The van der Waals surface area contributed by atoms with E-state index in [2.05, 4.69) is 25.9 Å². The van der Waals surface area contributed by atoms with Crippen molar-refractivity contribution in [1.29, 1.82) is 0 Å². The Morgan fingerprint density at radius 3 is 2.77 bits per heavy atom. The molecule has 4 rings (SSSR count). The number of hydrogen-bond donors (Lipinski definition) is 0. The fraction of sp³-hybridized carbons (Fsp3) is 0.222. The lowest BCUT2D eigenvalue weighted by molar-refractivity contribution is 0.305. The van der Waals surface area contributed by atoms with Gasteiger partial charge in [-0.15, -0.1) is 0 Å². The van der Waals surface area contributed by atoms with Gasteiger partial charge in [-0.25, -0.2) is 13.8 Å². The highest BCUT2D eigenvalue weighted by molar-refractivity contribution is 9.10. The highest BCUT2D eigenvalue weighted by atomic mass is 79.9. The molecule has 5 nitrogen and oxygen atoms in total. The van der Waals surface area contributed by atoms with Crippen LogP contribution < -0.4 is 14.4 Å². The summed E-state index contributed by atoms with van der Waals surface area (Å²) >= 11 is 3.10. The molecule has 1 aromatic carbocycles. The van der Waals surface area contributed by atoms with E-state index in [0.29, 0.717) is 34.9 Å². The van der Waals surface area contributed by atoms with Crippen LogP contribution in [0.5, 0.6) is 11.6 Å². The third-order valence-corrected chi connectivity index (χ3v) is 4.70. The molecule has 3 heterocycles. The lowest BCUT2D eigenvalue weighted by Crippen LogP contribution is -2.33. The Balaban J connectivity index is 1.81. The van der Waals surface area contributed by atoms with E-state index in [-0.39, 0.29) is 12.1 Å². The molecule has 1 aliphatic rings. The Kier molecular flexibility index (Phi) is 4.36. The van der Waals surface area contributed by atoms with Gasteiger partial charge in [0.25, 0.3) is 0 Å². The third-order valence-electron chi connectivity index (χ3n) is 4.24. The number of methoxy groups -OCH3 is 1. The quantitative estimate of drug-likeness (QED) is 0.637. The Hall–Kier alpha value is -2.48. The molecule has 8 heteroatoms. The molecule has 2 aromatic heterocycles. The van der Waals surface area contributed by atoms with Crippen LogP contribution in [0, 0.1) is 11.6 Å². The molecule has 26 heavy (non-hydrogen) atoms. The van der Waals surface area contributed by atoms with Crippen molar-refractivity contribution < 1.29 is 18.3 Å². The van der Waals surface area contributed by atoms with Gasteiger partial charge in [-0.1, -0.05) is 15.9 Å². The lowest BCUT2D eigenvalue weighted by atomic mass is 10.1. The maximum absolute atomic E-state index is 14.3. The van der Waals surface area contributed by atoms with E-state index < -0.39 is 11.6 Å². The summed E-state index contributed by atoms with van der Waals surface area (Å²) in [5.74, 6) is -0.182. The Morgan fingerprint density at radius 1 is 1.27 bits per heavy atom. The fourth-order valence-corrected chi connectivity index (χ4v) is 3.43. The highest BCUT2D eigenvalue weighted by Crippen LogP contribution is 2.38. The normalized spacial score (nSPS) is 13.5. The first kappa shape index (κ1) is 17.0. The zero-order chi connectivity index (χ0) is 18.3. The second-order valence-electron chi connectivity index (χ2n) is 5.81. The largest absolute Gasteiger partial charge is 0.488 e. The number of ether oxygens (including phenoxy) is 2. The monoisotopic (exact) mass is 421 g/mol. The summed E-state index contributed by atoms with van der Waals surface area (Å²) in [4.78, 5) is 10.5. The number of aromatic nitrogens is 2. The zero-order valence-corrected chi connectivity index (χ0v) is 15.4. The van der Waals surface area contributed by atoms with Crippen LogP contribution >= 0.6 is 15.9 Å². The van der Waals surface area contributed by atoms with Gasteiger partial charge in [0.2, 0.25) is 5.88 Å². The van der Waals surface area contributed by atoms with E-state index in [0.717, 1.165) is 11.1 Å². The molecular weight excluding hydrogens is 408 g/mol. The van der Waals surface area contributed by atoms with Crippen LogP contribution in [0.1, 0.15) is 5.56 Å². The Morgan fingerprint density at radius 2 is 2.04 bits per heavy atom. The van der Waals surface area contributed by atoms with Crippen LogP contribution in [-0.4, -0.2) is 30.2 Å². The topological polar surface area (TPSA) is 47.5 Å². The summed E-state index contributed by atoms with van der Waals surface area (Å²) in [7, 11) is 1.53. The van der Waals surface area contributed by atoms with E-state index >= 15 is 0 Å². The van der Waals surface area contributed by atoms with Crippen molar-refractivity contribution in [3.63, 3.8) is 0 Å². The minimum atomic E-state index is -0.594. The van der Waals surface area contributed by atoms with E-state index in [9.17, 15) is 8.78 Å². The van der Waals surface area contributed by atoms with E-state index in [1.165, 1.54) is 19.2 Å². The summed E-state index contributed by atoms with van der Waals surface area (Å²) in [6.07, 6.45) is 1.57. The van der Waals surface area contributed by atoms with Gasteiger partial charge < -0.3 is 14.4 Å². The van der Waals surface area contributed by atoms with Crippen molar-refractivity contribution in [3.8, 4) is 11.6 Å². The maximum atomic E-state index is 14.3. The van der Waals surface area contributed by atoms with Gasteiger partial charge in [0.05, 0.1) is 25.5 Å². The molecule has 134 valence electrons. The zero-order valence-electron chi connectivity index (χ0n) is 13.8. The van der Waals surface area contributed by atoms with Crippen LogP contribution in [0.3, 0.4) is 0 Å². The van der Waals surface area contributed by atoms with Crippen molar-refractivity contribution >= 4 is 32.7 Å². The number of pyridine rings is 2. The number of nitrogens with zero attached hydrogens (tertiary/aromatic N) is 3. The average molecular weight is 422 g/mol. The summed E-state index contributed by atoms with van der Waals surface area (Å²) < 4.78 is 39.7. The van der Waals surface area contributed by atoms with Gasteiger partial charge in [0.1, 0.15) is 18.2 Å². The molecule has 3 aromatic rings. The SMILES string of the molecule is COc1ccc2c3c(cnc2n1)OCCN3Cc1c(F)cc(Br)cc1F. The number of halogens is 3. The van der Waals surface area contributed by atoms with Crippen LogP contribution in [-0.2, 0) is 6.54 Å². The van der Waals surface area contributed by atoms with E-state index in [1.807, 2.05) is 11.0 Å². The second-order valence-corrected chi connectivity index (χ2v) is 6.73. The Labute approximate surface area is 156 Å². The molecular formula is C18H14BrF2N3O2. The molecule has 0 fully saturated rings. The predicted octanol–water partition coefficient (Wildman–Crippen LogP) is 4.08. The average Bonchev–Trinajstić information content (AvgIpc) is 2.63. The summed E-state index contributed by atoms with van der Waals surface area (Å²) in [5, 5.41) is 0.737. The van der Waals surface area contributed by atoms with Crippen LogP contribution in [0.25, 0.3) is 11.0 Å². The van der Waals surface area contributed by atoms with Crippen molar-refractivity contribution in [2.75, 3.05) is 25.2 Å².